The molecule has 1 heterocycles. The average molecular weight is 185 g/mol. The number of hydrogen-bond donors (Lipinski definition) is 2. The number of ketones is 1. The minimum absolute atomic E-state index is 0.0824. The highest BCUT2D eigenvalue weighted by atomic mass is 16.4. The summed E-state index contributed by atoms with van der Waals surface area (Å²) in [5.41, 5.74) is 0. The minimum Gasteiger partial charge on any atom is -0.480 e. The van der Waals surface area contributed by atoms with E-state index >= 15 is 0 Å². The molecule has 13 heavy (non-hydrogen) atoms. The van der Waals surface area contributed by atoms with Crippen molar-refractivity contribution in [3.8, 4) is 0 Å². The van der Waals surface area contributed by atoms with Crippen LogP contribution in [0.3, 0.4) is 0 Å². The van der Waals surface area contributed by atoms with Crippen LogP contribution in [-0.4, -0.2) is 29.4 Å². The van der Waals surface area contributed by atoms with Gasteiger partial charge in [0.05, 0.1) is 0 Å². The number of Topliss-reactive ketones (excluding diaryl/α,β-unsaturated/α-hetero) is 1. The molecule has 0 aliphatic carbocycles. The summed E-state index contributed by atoms with van der Waals surface area (Å²) in [5, 5.41) is 11.5. The van der Waals surface area contributed by atoms with Crippen molar-refractivity contribution in [3.05, 3.63) is 0 Å². The summed E-state index contributed by atoms with van der Waals surface area (Å²) in [4.78, 5) is 21.9. The molecule has 0 saturated carbocycles. The lowest BCUT2D eigenvalue weighted by molar-refractivity contribution is -0.139. The van der Waals surface area contributed by atoms with Crippen LogP contribution in [0, 0.1) is 5.92 Å². The normalized spacial score (nSPS) is 27.5. The molecule has 0 radical (unpaired) electrons. The standard InChI is InChI=1S/C9H15NO3/c1-2-3-8(11)6-4-7(9(12)13)10-5-6/h6-7,10H,2-5H2,1H3,(H,12,13)/t6?,7-/m0/s1. The van der Waals surface area contributed by atoms with Crippen molar-refractivity contribution in [2.45, 2.75) is 32.2 Å². The van der Waals surface area contributed by atoms with Gasteiger partial charge in [0.15, 0.2) is 0 Å². The Morgan fingerprint density at radius 3 is 2.69 bits per heavy atom. The Morgan fingerprint density at radius 2 is 2.23 bits per heavy atom. The van der Waals surface area contributed by atoms with Crippen molar-refractivity contribution in [2.75, 3.05) is 6.54 Å². The predicted octanol–water partition coefficient (Wildman–Crippen LogP) is 0.418. The van der Waals surface area contributed by atoms with Crippen molar-refractivity contribution < 1.29 is 14.7 Å². The summed E-state index contributed by atoms with van der Waals surface area (Å²) in [6.45, 7) is 2.48. The predicted molar refractivity (Wildman–Crippen MR) is 47.4 cm³/mol. The van der Waals surface area contributed by atoms with Crippen molar-refractivity contribution in [3.63, 3.8) is 0 Å². The SMILES string of the molecule is CCCC(=O)C1CN[C@H](C(=O)O)C1. The Kier molecular flexibility index (Phi) is 3.42. The Labute approximate surface area is 77.3 Å². The summed E-state index contributed by atoms with van der Waals surface area (Å²) in [6.07, 6.45) is 1.86. The molecule has 0 bridgehead atoms. The molecule has 2 atom stereocenters. The molecule has 1 saturated heterocycles. The Bertz CT molecular complexity index is 215. The number of carbonyl (C=O) groups is 2. The van der Waals surface area contributed by atoms with Gasteiger partial charge in [-0.1, -0.05) is 6.92 Å². The van der Waals surface area contributed by atoms with Gasteiger partial charge in [-0.3, -0.25) is 9.59 Å². The Balaban J connectivity index is 2.40. The van der Waals surface area contributed by atoms with Gasteiger partial charge in [-0.15, -0.1) is 0 Å². The number of carboxylic acid groups (broad SMARTS) is 1. The first kappa shape index (κ1) is 10.2. The molecule has 1 fully saturated rings. The minimum atomic E-state index is -0.855. The molecule has 4 heteroatoms. The fourth-order valence-corrected chi connectivity index (χ4v) is 1.62. The van der Waals surface area contributed by atoms with Gasteiger partial charge in [0.1, 0.15) is 11.8 Å². The zero-order chi connectivity index (χ0) is 9.84. The third-order valence-corrected chi connectivity index (χ3v) is 2.38. The van der Waals surface area contributed by atoms with E-state index in [0.29, 0.717) is 19.4 Å². The van der Waals surface area contributed by atoms with Crippen LogP contribution in [0.4, 0.5) is 0 Å². The van der Waals surface area contributed by atoms with E-state index in [1.807, 2.05) is 6.92 Å². The first-order valence-electron chi connectivity index (χ1n) is 4.64. The fourth-order valence-electron chi connectivity index (χ4n) is 1.62. The summed E-state index contributed by atoms with van der Waals surface area (Å²) in [7, 11) is 0. The van der Waals surface area contributed by atoms with E-state index in [0.717, 1.165) is 6.42 Å². The van der Waals surface area contributed by atoms with E-state index < -0.39 is 12.0 Å². The summed E-state index contributed by atoms with van der Waals surface area (Å²) in [6, 6.07) is -0.522. The van der Waals surface area contributed by atoms with E-state index in [4.69, 9.17) is 5.11 Å². The maximum atomic E-state index is 11.4. The zero-order valence-corrected chi connectivity index (χ0v) is 7.75. The van der Waals surface area contributed by atoms with E-state index in [9.17, 15) is 9.59 Å². The number of hydrogen-bond acceptors (Lipinski definition) is 3. The van der Waals surface area contributed by atoms with Gasteiger partial charge in [0, 0.05) is 18.9 Å². The lowest BCUT2D eigenvalue weighted by Crippen LogP contribution is -2.29. The maximum Gasteiger partial charge on any atom is 0.320 e. The topological polar surface area (TPSA) is 66.4 Å². The van der Waals surface area contributed by atoms with E-state index in [2.05, 4.69) is 5.32 Å². The van der Waals surface area contributed by atoms with Crippen LogP contribution in [0.1, 0.15) is 26.2 Å². The molecule has 2 N–H and O–H groups in total. The molecule has 0 amide bonds. The van der Waals surface area contributed by atoms with Gasteiger partial charge in [0.2, 0.25) is 0 Å². The van der Waals surface area contributed by atoms with Crippen LogP contribution >= 0.6 is 0 Å². The van der Waals surface area contributed by atoms with Crippen LogP contribution in [0.2, 0.25) is 0 Å². The maximum absolute atomic E-state index is 11.4. The van der Waals surface area contributed by atoms with Gasteiger partial charge >= 0.3 is 5.97 Å². The van der Waals surface area contributed by atoms with E-state index in [1.165, 1.54) is 0 Å². The van der Waals surface area contributed by atoms with Crippen molar-refractivity contribution in [2.24, 2.45) is 5.92 Å². The van der Waals surface area contributed by atoms with Crippen LogP contribution in [-0.2, 0) is 9.59 Å². The summed E-state index contributed by atoms with van der Waals surface area (Å²) >= 11 is 0. The third-order valence-electron chi connectivity index (χ3n) is 2.38. The van der Waals surface area contributed by atoms with Crippen LogP contribution in [0.5, 0.6) is 0 Å². The number of aliphatic carboxylic acids is 1. The van der Waals surface area contributed by atoms with Crippen molar-refractivity contribution in [1.29, 1.82) is 0 Å². The highest BCUT2D eigenvalue weighted by Crippen LogP contribution is 2.17. The second-order valence-corrected chi connectivity index (χ2v) is 3.45. The molecule has 1 aliphatic rings. The average Bonchev–Trinajstić information content (AvgIpc) is 2.52. The number of rotatable bonds is 4. The van der Waals surface area contributed by atoms with Crippen molar-refractivity contribution in [1.82, 2.24) is 5.32 Å². The van der Waals surface area contributed by atoms with Gasteiger partial charge in [-0.25, -0.2) is 0 Å². The second-order valence-electron chi connectivity index (χ2n) is 3.45. The fraction of sp³-hybridized carbons (Fsp3) is 0.778. The Hall–Kier alpha value is -0.900. The van der Waals surface area contributed by atoms with E-state index in [1.54, 1.807) is 0 Å². The summed E-state index contributed by atoms with van der Waals surface area (Å²) < 4.78 is 0. The molecule has 1 unspecified atom stereocenters. The highest BCUT2D eigenvalue weighted by molar-refractivity contribution is 5.83. The quantitative estimate of drug-likeness (QED) is 0.666. The van der Waals surface area contributed by atoms with Crippen LogP contribution in [0.25, 0.3) is 0 Å². The number of carbonyl (C=O) groups excluding carboxylic acids is 1. The summed E-state index contributed by atoms with van der Waals surface area (Å²) in [5.74, 6) is -0.744. The lowest BCUT2D eigenvalue weighted by atomic mass is 9.98. The molecule has 0 aromatic carbocycles. The molecule has 0 aromatic heterocycles. The smallest absolute Gasteiger partial charge is 0.320 e. The van der Waals surface area contributed by atoms with Gasteiger partial charge in [-0.05, 0) is 12.8 Å². The molecule has 0 aromatic rings. The highest BCUT2D eigenvalue weighted by Gasteiger charge is 2.32. The van der Waals surface area contributed by atoms with Gasteiger partial charge in [0.25, 0.3) is 0 Å². The lowest BCUT2D eigenvalue weighted by Gasteiger charge is -2.05. The van der Waals surface area contributed by atoms with Crippen molar-refractivity contribution >= 4 is 11.8 Å². The van der Waals surface area contributed by atoms with Gasteiger partial charge < -0.3 is 10.4 Å². The zero-order valence-electron chi connectivity index (χ0n) is 7.75. The van der Waals surface area contributed by atoms with Crippen LogP contribution in [0.15, 0.2) is 0 Å². The molecule has 1 aliphatic heterocycles. The molecule has 4 nitrogen and oxygen atoms in total. The number of carboxylic acids is 1. The van der Waals surface area contributed by atoms with Gasteiger partial charge in [-0.2, -0.15) is 0 Å². The molecule has 1 rings (SSSR count). The molecular formula is C9H15NO3. The first-order chi connectivity index (χ1) is 6.15. The molecule has 0 spiro atoms. The molecule has 74 valence electrons. The first-order valence-corrected chi connectivity index (χ1v) is 4.64. The largest absolute Gasteiger partial charge is 0.480 e. The van der Waals surface area contributed by atoms with Crippen LogP contribution < -0.4 is 5.32 Å². The molecular weight excluding hydrogens is 170 g/mol. The monoisotopic (exact) mass is 185 g/mol. The second kappa shape index (κ2) is 4.37. The Morgan fingerprint density at radius 1 is 1.54 bits per heavy atom. The van der Waals surface area contributed by atoms with E-state index in [-0.39, 0.29) is 11.7 Å². The number of nitrogens with one attached hydrogen (secondary N) is 1. The third kappa shape index (κ3) is 2.52.